The van der Waals surface area contributed by atoms with E-state index in [1.807, 2.05) is 6.07 Å². The Kier molecular flexibility index (Phi) is 5.96. The average molecular weight is 348 g/mol. The molecule has 3 aromatic carbocycles. The molecule has 120 valence electrons. The molecule has 1 aliphatic rings. The number of hydrogen-bond acceptors (Lipinski definition) is 0. The predicted octanol–water partition coefficient (Wildman–Crippen LogP) is 6.00. The second-order valence-electron chi connectivity index (χ2n) is 6.52. The van der Waals surface area contributed by atoms with Crippen molar-refractivity contribution < 1.29 is 21.7 Å². The van der Waals surface area contributed by atoms with Gasteiger partial charge >= 0.3 is 21.7 Å². The summed E-state index contributed by atoms with van der Waals surface area (Å²) < 4.78 is 0. The summed E-state index contributed by atoms with van der Waals surface area (Å²) in [6, 6.07) is 18.1. The molecule has 1 aliphatic carbocycles. The van der Waals surface area contributed by atoms with Crippen LogP contribution in [0.1, 0.15) is 38.9 Å². The normalized spacial score (nSPS) is 11.0. The fourth-order valence-corrected chi connectivity index (χ4v) is 3.40. The molecule has 0 saturated heterocycles. The molecule has 0 unspecified atom stereocenters. The van der Waals surface area contributed by atoms with Gasteiger partial charge in [0.1, 0.15) is 0 Å². The predicted molar refractivity (Wildman–Crippen MR) is 99.2 cm³/mol. The zero-order valence-electron chi connectivity index (χ0n) is 15.2. The van der Waals surface area contributed by atoms with E-state index in [9.17, 15) is 0 Å². The Labute approximate surface area is 161 Å². The summed E-state index contributed by atoms with van der Waals surface area (Å²) in [5.74, 6) is 0. The molecule has 0 nitrogen and oxygen atoms in total. The van der Waals surface area contributed by atoms with Gasteiger partial charge in [0.2, 0.25) is 0 Å². The van der Waals surface area contributed by atoms with Crippen molar-refractivity contribution in [3.63, 3.8) is 0 Å². The molecule has 0 atom stereocenters. The second-order valence-corrected chi connectivity index (χ2v) is 6.52. The van der Waals surface area contributed by atoms with Gasteiger partial charge in [-0.3, -0.25) is 0 Å². The SMILES string of the molecule is Cc1c(C)c(C)[c-](C)c1C.[Ti+2].[c-]1cccc2c1Cc1ccccc1-2. The molecule has 0 N–H and O–H groups in total. The van der Waals surface area contributed by atoms with Crippen LogP contribution in [0.15, 0.2) is 42.5 Å². The van der Waals surface area contributed by atoms with E-state index in [4.69, 9.17) is 0 Å². The van der Waals surface area contributed by atoms with Crippen LogP contribution < -0.4 is 0 Å². The summed E-state index contributed by atoms with van der Waals surface area (Å²) in [4.78, 5) is 0. The van der Waals surface area contributed by atoms with Gasteiger partial charge in [0, 0.05) is 0 Å². The van der Waals surface area contributed by atoms with E-state index < -0.39 is 0 Å². The molecule has 0 heterocycles. The van der Waals surface area contributed by atoms with Crippen molar-refractivity contribution in [2.24, 2.45) is 0 Å². The minimum absolute atomic E-state index is 0. The molecule has 0 spiro atoms. The number of rotatable bonds is 0. The quantitative estimate of drug-likeness (QED) is 0.270. The van der Waals surface area contributed by atoms with E-state index in [1.165, 1.54) is 50.1 Å². The Bertz CT molecular complexity index is 729. The minimum Gasteiger partial charge on any atom is -0.196 e. The van der Waals surface area contributed by atoms with Crippen molar-refractivity contribution in [2.45, 2.75) is 41.0 Å². The largest absolute Gasteiger partial charge is 2.00 e. The topological polar surface area (TPSA) is 0 Å². The maximum Gasteiger partial charge on any atom is 2.00 e. The first-order valence-corrected chi connectivity index (χ1v) is 8.28. The van der Waals surface area contributed by atoms with Crippen LogP contribution in [0.2, 0.25) is 0 Å². The summed E-state index contributed by atoms with van der Waals surface area (Å²) in [5.41, 5.74) is 12.8. The van der Waals surface area contributed by atoms with Crippen molar-refractivity contribution in [2.75, 3.05) is 0 Å². The molecular formula is C23H24Ti. The van der Waals surface area contributed by atoms with Gasteiger partial charge in [-0.25, -0.2) is 0 Å². The Hall–Kier alpha value is -1.50. The first kappa shape index (κ1) is 18.8. The van der Waals surface area contributed by atoms with Crippen LogP contribution in [0.25, 0.3) is 11.1 Å². The monoisotopic (exact) mass is 348 g/mol. The summed E-state index contributed by atoms with van der Waals surface area (Å²) in [6.07, 6.45) is 1.05. The van der Waals surface area contributed by atoms with Crippen molar-refractivity contribution in [3.8, 4) is 11.1 Å². The maximum atomic E-state index is 3.30. The molecule has 24 heavy (non-hydrogen) atoms. The average Bonchev–Trinajstić information content (AvgIpc) is 3.04. The summed E-state index contributed by atoms with van der Waals surface area (Å²) in [7, 11) is 0. The molecule has 3 aromatic rings. The van der Waals surface area contributed by atoms with Crippen LogP contribution in [0.4, 0.5) is 0 Å². The van der Waals surface area contributed by atoms with Gasteiger partial charge in [-0.05, 0) is 6.42 Å². The van der Waals surface area contributed by atoms with E-state index in [2.05, 4.69) is 77.1 Å². The van der Waals surface area contributed by atoms with Crippen molar-refractivity contribution in [1.29, 1.82) is 0 Å². The van der Waals surface area contributed by atoms with Crippen molar-refractivity contribution in [3.05, 3.63) is 87.5 Å². The zero-order chi connectivity index (χ0) is 16.6. The van der Waals surface area contributed by atoms with Crippen LogP contribution in [-0.4, -0.2) is 0 Å². The Balaban J connectivity index is 0.000000173. The third-order valence-corrected chi connectivity index (χ3v) is 5.43. The molecule has 0 bridgehead atoms. The van der Waals surface area contributed by atoms with E-state index in [-0.39, 0.29) is 21.7 Å². The van der Waals surface area contributed by atoms with Gasteiger partial charge in [-0.15, -0.1) is 5.56 Å². The molecule has 0 aromatic heterocycles. The Morgan fingerprint density at radius 2 is 1.42 bits per heavy atom. The van der Waals surface area contributed by atoms with Crippen LogP contribution >= 0.6 is 0 Å². The molecule has 0 saturated carbocycles. The Morgan fingerprint density at radius 1 is 0.833 bits per heavy atom. The summed E-state index contributed by atoms with van der Waals surface area (Å²) in [5, 5.41) is 0. The van der Waals surface area contributed by atoms with Crippen LogP contribution in [0, 0.1) is 40.7 Å². The maximum absolute atomic E-state index is 3.30. The number of hydrogen-bond donors (Lipinski definition) is 0. The first-order chi connectivity index (χ1) is 11.0. The van der Waals surface area contributed by atoms with Gasteiger partial charge in [0.25, 0.3) is 0 Å². The Morgan fingerprint density at radius 3 is 2.00 bits per heavy atom. The fourth-order valence-electron chi connectivity index (χ4n) is 3.40. The molecule has 0 fully saturated rings. The van der Waals surface area contributed by atoms with E-state index in [0.29, 0.717) is 0 Å². The van der Waals surface area contributed by atoms with Gasteiger partial charge < -0.3 is 0 Å². The summed E-state index contributed by atoms with van der Waals surface area (Å²) in [6.45, 7) is 11.0. The molecule has 4 rings (SSSR count). The molecule has 0 radical (unpaired) electrons. The third-order valence-electron chi connectivity index (χ3n) is 5.43. The molecule has 1 heteroatoms. The number of fused-ring (bicyclic) bond motifs is 3. The zero-order valence-corrected chi connectivity index (χ0v) is 16.8. The minimum atomic E-state index is 0. The van der Waals surface area contributed by atoms with E-state index >= 15 is 0 Å². The third kappa shape index (κ3) is 3.32. The fraction of sp³-hybridized carbons (Fsp3) is 0.261. The van der Waals surface area contributed by atoms with Gasteiger partial charge in [0.05, 0.1) is 0 Å². The van der Waals surface area contributed by atoms with Gasteiger partial charge in [-0.2, -0.15) is 57.6 Å². The van der Waals surface area contributed by atoms with Gasteiger partial charge in [-0.1, -0.05) is 70.0 Å². The van der Waals surface area contributed by atoms with Crippen LogP contribution in [0.5, 0.6) is 0 Å². The standard InChI is InChI=1S/C13H9.C10H15.Ti/c1-3-7-12-10(5-1)9-11-6-2-4-8-13(11)12;1-6-7(2)9(4)10(5)8(6)3;/h1-5,7-8H,9H2;1-5H3;/q2*-1;+2. The van der Waals surface area contributed by atoms with Crippen LogP contribution in [0.3, 0.4) is 0 Å². The van der Waals surface area contributed by atoms with Crippen LogP contribution in [-0.2, 0) is 28.1 Å². The van der Waals surface area contributed by atoms with Crippen molar-refractivity contribution >= 4 is 0 Å². The summed E-state index contributed by atoms with van der Waals surface area (Å²) >= 11 is 0. The number of benzene rings is 2. The van der Waals surface area contributed by atoms with Gasteiger partial charge in [0.15, 0.2) is 0 Å². The van der Waals surface area contributed by atoms with E-state index in [0.717, 1.165) is 6.42 Å². The molecule has 0 amide bonds. The second kappa shape index (κ2) is 7.59. The van der Waals surface area contributed by atoms with Crippen molar-refractivity contribution in [1.82, 2.24) is 0 Å². The molecule has 0 aliphatic heterocycles. The molecular weight excluding hydrogens is 324 g/mol. The van der Waals surface area contributed by atoms with E-state index in [1.54, 1.807) is 0 Å². The first-order valence-electron chi connectivity index (χ1n) is 8.28. The smallest absolute Gasteiger partial charge is 0.196 e.